The summed E-state index contributed by atoms with van der Waals surface area (Å²) < 4.78 is 13.3. The Morgan fingerprint density at radius 2 is 1.30 bits per heavy atom. The fourth-order valence-electron chi connectivity index (χ4n) is 2.44. The van der Waals surface area contributed by atoms with Crippen molar-refractivity contribution < 1.29 is 14.6 Å². The molecule has 20 heavy (non-hydrogen) atoms. The van der Waals surface area contributed by atoms with Gasteiger partial charge in [0.05, 0.1) is 13.2 Å². The van der Waals surface area contributed by atoms with Crippen molar-refractivity contribution >= 4 is 0 Å². The van der Waals surface area contributed by atoms with Crippen molar-refractivity contribution in [2.24, 2.45) is 0 Å². The molecular weight excluding hydrogens is 257 g/mol. The van der Waals surface area contributed by atoms with Crippen LogP contribution in [0.1, 0.15) is 71.1 Å². The second-order valence-corrected chi connectivity index (χ2v) is 5.56. The van der Waals surface area contributed by atoms with Crippen molar-refractivity contribution in [3.05, 3.63) is 0 Å². The molecule has 0 saturated carbocycles. The lowest BCUT2D eigenvalue weighted by atomic mass is 10.1. The molecule has 0 fully saturated rings. The van der Waals surface area contributed by atoms with Crippen LogP contribution in [-0.2, 0) is 0 Å². The average Bonchev–Trinajstić information content (AvgIpc) is 2.47. The second-order valence-electron chi connectivity index (χ2n) is 5.56. The Morgan fingerprint density at radius 1 is 0.800 bits per heavy atom. The molecule has 0 aliphatic heterocycles. The Kier molecular flexibility index (Phi) is 15.1. The summed E-state index contributed by atoms with van der Waals surface area (Å²) in [5, 5.41) is 17.6. The number of rotatable bonds is 15. The zero-order valence-corrected chi connectivity index (χ0v) is 13.2. The lowest BCUT2D eigenvalue weighted by Gasteiger charge is -2.23. The van der Waals surface area contributed by atoms with E-state index in [-0.39, 0.29) is 6.61 Å². The molecule has 0 aromatic rings. The molecular formula is C16H34FNO2. The Hall–Kier alpha value is -0.190. The molecule has 0 aromatic heterocycles. The Labute approximate surface area is 124 Å². The third-order valence-electron chi connectivity index (χ3n) is 3.73. The summed E-state index contributed by atoms with van der Waals surface area (Å²) >= 11 is 0. The first kappa shape index (κ1) is 19.8. The molecule has 0 aliphatic carbocycles. The van der Waals surface area contributed by atoms with E-state index in [1.54, 1.807) is 0 Å². The van der Waals surface area contributed by atoms with E-state index in [2.05, 4.69) is 6.92 Å². The molecule has 3 nitrogen and oxygen atoms in total. The number of halogens is 1. The van der Waals surface area contributed by atoms with Crippen LogP contribution < -0.4 is 0 Å². The van der Waals surface area contributed by atoms with Crippen molar-refractivity contribution in [2.45, 2.75) is 77.4 Å². The Morgan fingerprint density at radius 3 is 1.75 bits per heavy atom. The molecule has 0 rings (SSSR count). The van der Waals surface area contributed by atoms with E-state index in [1.807, 2.05) is 0 Å². The number of unbranched alkanes of at least 4 members (excludes halogenated alkanes) is 9. The highest BCUT2D eigenvalue weighted by Gasteiger charge is 2.14. The summed E-state index contributed by atoms with van der Waals surface area (Å²) in [5.41, 5.74) is 0. The quantitative estimate of drug-likeness (QED) is 0.358. The average molecular weight is 291 g/mol. The van der Waals surface area contributed by atoms with Crippen LogP contribution in [0.15, 0.2) is 0 Å². The number of nitrogens with zero attached hydrogens (tertiary/aromatic N) is 1. The highest BCUT2D eigenvalue weighted by molar-refractivity contribution is 4.61. The lowest BCUT2D eigenvalue weighted by Crippen LogP contribution is -2.37. The molecule has 2 N–H and O–H groups in total. The lowest BCUT2D eigenvalue weighted by molar-refractivity contribution is 0.0190. The maximum Gasteiger partial charge on any atom is 0.176 e. The molecule has 0 aliphatic rings. The van der Waals surface area contributed by atoms with E-state index in [0.717, 1.165) is 12.8 Å². The molecule has 0 heterocycles. The summed E-state index contributed by atoms with van der Waals surface area (Å²) in [4.78, 5) is 1.52. The van der Waals surface area contributed by atoms with Crippen LogP contribution in [0.5, 0.6) is 0 Å². The molecule has 0 radical (unpaired) electrons. The van der Waals surface area contributed by atoms with Gasteiger partial charge in [-0.15, -0.1) is 0 Å². The highest BCUT2D eigenvalue weighted by Crippen LogP contribution is 2.11. The normalized spacial score (nSPS) is 13.1. The van der Waals surface area contributed by atoms with Gasteiger partial charge < -0.3 is 10.2 Å². The van der Waals surface area contributed by atoms with E-state index in [4.69, 9.17) is 10.2 Å². The highest BCUT2D eigenvalue weighted by atomic mass is 19.1. The number of hydrogen-bond donors (Lipinski definition) is 2. The molecule has 1 atom stereocenters. The van der Waals surface area contributed by atoms with Gasteiger partial charge in [-0.3, -0.25) is 4.90 Å². The minimum Gasteiger partial charge on any atom is -0.395 e. The molecule has 0 amide bonds. The summed E-state index contributed by atoms with van der Waals surface area (Å²) in [6, 6.07) is 0. The molecule has 0 spiro atoms. The number of alkyl halides is 1. The molecule has 0 bridgehead atoms. The van der Waals surface area contributed by atoms with Gasteiger partial charge in [-0.25, -0.2) is 4.39 Å². The number of aliphatic hydroxyl groups is 2. The van der Waals surface area contributed by atoms with Gasteiger partial charge in [-0.2, -0.15) is 0 Å². The summed E-state index contributed by atoms with van der Waals surface area (Å²) in [6.45, 7) is 2.62. The minimum absolute atomic E-state index is 0.0574. The van der Waals surface area contributed by atoms with Crippen molar-refractivity contribution in [3.8, 4) is 0 Å². The topological polar surface area (TPSA) is 43.7 Å². The van der Waals surface area contributed by atoms with E-state index in [0.29, 0.717) is 13.1 Å². The maximum atomic E-state index is 13.3. The minimum atomic E-state index is -1.33. The van der Waals surface area contributed by atoms with Crippen LogP contribution in [0.2, 0.25) is 0 Å². The SMILES string of the molecule is CCCCCCCCCCCCN(CCO)C(F)CO. The number of aliphatic hydroxyl groups excluding tert-OH is 2. The van der Waals surface area contributed by atoms with Crippen LogP contribution in [-0.4, -0.2) is 47.7 Å². The molecule has 4 heteroatoms. The Bertz CT molecular complexity index is 193. The van der Waals surface area contributed by atoms with E-state index in [9.17, 15) is 4.39 Å². The van der Waals surface area contributed by atoms with Gasteiger partial charge in [0.2, 0.25) is 0 Å². The van der Waals surface area contributed by atoms with Crippen molar-refractivity contribution in [1.82, 2.24) is 4.90 Å². The van der Waals surface area contributed by atoms with Gasteiger partial charge in [0.1, 0.15) is 0 Å². The molecule has 0 aromatic carbocycles. The fourth-order valence-corrected chi connectivity index (χ4v) is 2.44. The predicted molar refractivity (Wildman–Crippen MR) is 82.5 cm³/mol. The maximum absolute atomic E-state index is 13.3. The summed E-state index contributed by atoms with van der Waals surface area (Å²) in [6.07, 6.45) is 11.2. The van der Waals surface area contributed by atoms with Gasteiger partial charge >= 0.3 is 0 Å². The number of hydrogen-bond acceptors (Lipinski definition) is 3. The van der Waals surface area contributed by atoms with Gasteiger partial charge in [-0.1, -0.05) is 64.7 Å². The third kappa shape index (κ3) is 11.6. The Balaban J connectivity index is 3.36. The largest absolute Gasteiger partial charge is 0.395 e. The summed E-state index contributed by atoms with van der Waals surface area (Å²) in [5.74, 6) is 0. The standard InChI is InChI=1S/C16H34FNO2/c1-2-3-4-5-6-7-8-9-10-11-12-18(13-14-19)16(17)15-20/h16,19-20H,2-15H2,1H3. The second kappa shape index (κ2) is 15.2. The first-order chi connectivity index (χ1) is 9.76. The first-order valence-corrected chi connectivity index (χ1v) is 8.36. The zero-order valence-electron chi connectivity index (χ0n) is 13.2. The van der Waals surface area contributed by atoms with Crippen LogP contribution in [0.4, 0.5) is 4.39 Å². The monoisotopic (exact) mass is 291 g/mol. The fraction of sp³-hybridized carbons (Fsp3) is 1.00. The van der Waals surface area contributed by atoms with Gasteiger partial charge in [0.15, 0.2) is 6.30 Å². The molecule has 0 saturated heterocycles. The van der Waals surface area contributed by atoms with E-state index in [1.165, 1.54) is 56.3 Å². The van der Waals surface area contributed by atoms with Gasteiger partial charge in [-0.05, 0) is 6.42 Å². The first-order valence-electron chi connectivity index (χ1n) is 8.36. The molecule has 1 unspecified atom stereocenters. The third-order valence-corrected chi connectivity index (χ3v) is 3.73. The van der Waals surface area contributed by atoms with Crippen LogP contribution >= 0.6 is 0 Å². The van der Waals surface area contributed by atoms with Crippen molar-refractivity contribution in [2.75, 3.05) is 26.3 Å². The van der Waals surface area contributed by atoms with E-state index >= 15 is 0 Å². The van der Waals surface area contributed by atoms with E-state index < -0.39 is 12.9 Å². The smallest absolute Gasteiger partial charge is 0.176 e. The summed E-state index contributed by atoms with van der Waals surface area (Å²) in [7, 11) is 0. The van der Waals surface area contributed by atoms with Gasteiger partial charge in [0.25, 0.3) is 0 Å². The molecule has 122 valence electrons. The van der Waals surface area contributed by atoms with Gasteiger partial charge in [0, 0.05) is 13.1 Å². The van der Waals surface area contributed by atoms with Crippen molar-refractivity contribution in [3.63, 3.8) is 0 Å². The zero-order chi connectivity index (χ0) is 15.1. The van der Waals surface area contributed by atoms with Crippen LogP contribution in [0.3, 0.4) is 0 Å². The van der Waals surface area contributed by atoms with Crippen LogP contribution in [0.25, 0.3) is 0 Å². The van der Waals surface area contributed by atoms with Crippen molar-refractivity contribution in [1.29, 1.82) is 0 Å². The predicted octanol–water partition coefficient (Wildman–Crippen LogP) is 3.49. The van der Waals surface area contributed by atoms with Crippen LogP contribution in [0, 0.1) is 0 Å².